The highest BCUT2D eigenvalue weighted by atomic mass is 31.2. The summed E-state index contributed by atoms with van der Waals surface area (Å²) in [5, 5.41) is 18.4. The molecule has 0 saturated heterocycles. The standard InChI is InChI=1S/C60H77N11O12P2Si3/c1-6-7-34-71(35-20-37-84(76,77)78,36-21-38-85(79,80)81)41-51(73)62-33-19-40-87(4,5)83-88(82-86(2,3)39-18-32-61-50(72)30-16-17-31-52(74)75)69-57-46-26-12-13-27-47(46)59(69)67-55-44-24-10-11-25-45(44)56(64-55)68-60-49-29-15-14-28-48(49)58(70(60)88)66-54-43-23-9-8-22-42(43)53(63-54)65-57/h8-15,22-29H,6-7,16-21,30-41H2,1-5H3,(H6-,61,62,72,73,74,75,76,77,78,79,80,81)/p+1. The number of carboxylic acid groups (broad SMARTS) is 1. The van der Waals surface area contributed by atoms with E-state index in [4.69, 9.17) is 43.3 Å². The number of carbonyl (C=O) groups excluding carboxylic acids is 2. The van der Waals surface area contributed by atoms with Gasteiger partial charge in [0.15, 0.2) is 46.5 Å². The van der Waals surface area contributed by atoms with E-state index in [1.54, 1.807) is 0 Å². The molecule has 0 aliphatic carbocycles. The number of fused-ring (bicyclic) bond motifs is 14. The van der Waals surface area contributed by atoms with Gasteiger partial charge in [0.2, 0.25) is 5.91 Å². The SMILES string of the molecule is CCCC[N+](CCCP(=O)(O)O)(CCCP(=O)(O)O)CC(=O)NCCC[Si](C)(C)O[Si]1(O[Si](C)(C)CCCNC(=O)CCCCC(=O)O)n2c3c4ccccc4c2N=C2N=C(N=c4c5ccccc5c(n41)=NC1=NC(=N3)c3ccccc31)c1ccccc12. The van der Waals surface area contributed by atoms with Crippen LogP contribution in [0.4, 0.5) is 11.6 Å². The Kier molecular flexibility index (Phi) is 19.4. The van der Waals surface area contributed by atoms with E-state index < -0.39 is 46.7 Å². The van der Waals surface area contributed by atoms with Crippen molar-refractivity contribution in [2.75, 3.05) is 51.6 Å². The summed E-state index contributed by atoms with van der Waals surface area (Å²) < 4.78 is 45.0. The van der Waals surface area contributed by atoms with Gasteiger partial charge < -0.3 is 48.0 Å². The molecule has 4 aromatic carbocycles. The van der Waals surface area contributed by atoms with Crippen molar-refractivity contribution in [1.29, 1.82) is 0 Å². The maximum atomic E-state index is 14.3. The lowest BCUT2D eigenvalue weighted by Gasteiger charge is -2.43. The number of nitrogens with zero attached hydrogens (tertiary/aromatic N) is 9. The van der Waals surface area contributed by atoms with Crippen molar-refractivity contribution < 1.29 is 60.9 Å². The molecule has 88 heavy (non-hydrogen) atoms. The number of nitrogens with one attached hydrogen (secondary N) is 2. The molecule has 2 amide bonds. The number of hydrogen-bond donors (Lipinski definition) is 7. The molecule has 1 unspecified atom stereocenters. The zero-order valence-electron chi connectivity index (χ0n) is 50.4. The van der Waals surface area contributed by atoms with Gasteiger partial charge in [0.1, 0.15) is 22.6 Å². The van der Waals surface area contributed by atoms with Crippen molar-refractivity contribution in [3.05, 3.63) is 130 Å². The van der Waals surface area contributed by atoms with Crippen molar-refractivity contribution in [1.82, 2.24) is 19.1 Å². The normalized spacial score (nSPS) is 16.2. The second-order valence-corrected chi connectivity index (χ2v) is 39.6. The zero-order chi connectivity index (χ0) is 62.7. The van der Waals surface area contributed by atoms with Crippen LogP contribution in [0.25, 0.3) is 21.5 Å². The van der Waals surface area contributed by atoms with Gasteiger partial charge in [0.05, 0.1) is 32.0 Å². The largest absolute Gasteiger partial charge is 0.582 e. The van der Waals surface area contributed by atoms with E-state index in [-0.39, 0.29) is 80.5 Å². The first-order valence-electron chi connectivity index (χ1n) is 30.2. The van der Waals surface area contributed by atoms with Gasteiger partial charge in [-0.1, -0.05) is 110 Å². The molecular formula is C60H78N11O12P2Si3+. The van der Waals surface area contributed by atoms with Crippen molar-refractivity contribution in [2.45, 2.75) is 109 Å². The van der Waals surface area contributed by atoms with Crippen molar-refractivity contribution >= 4 is 115 Å². The van der Waals surface area contributed by atoms with Crippen molar-refractivity contribution in [2.24, 2.45) is 30.0 Å². The average molecular weight is 1290 g/mol. The maximum absolute atomic E-state index is 14.3. The smallest absolute Gasteiger partial charge is 0.481 e. The fourth-order valence-corrected chi connectivity index (χ4v) is 25.9. The lowest BCUT2D eigenvalue weighted by molar-refractivity contribution is -0.921. The van der Waals surface area contributed by atoms with Crippen LogP contribution >= 0.6 is 15.2 Å². The number of carboxylic acids is 1. The predicted molar refractivity (Wildman–Crippen MR) is 347 cm³/mol. The first-order valence-corrected chi connectivity index (χ1v) is 41.8. The molecular weight excluding hydrogens is 1210 g/mol. The summed E-state index contributed by atoms with van der Waals surface area (Å²) in [5.74, 6) is 1.41. The summed E-state index contributed by atoms with van der Waals surface area (Å²) >= 11 is 0. The lowest BCUT2D eigenvalue weighted by Crippen LogP contribution is -2.70. The fraction of sp³-hybridized carbons (Fsp3) is 0.417. The van der Waals surface area contributed by atoms with Crippen LogP contribution in [-0.4, -0.2) is 156 Å². The molecule has 1 atom stereocenters. The molecule has 0 radical (unpaired) electrons. The summed E-state index contributed by atoms with van der Waals surface area (Å²) in [6.45, 7) is 12.1. The van der Waals surface area contributed by atoms with Crippen LogP contribution in [0.5, 0.6) is 0 Å². The minimum Gasteiger partial charge on any atom is -0.481 e. The third kappa shape index (κ3) is 14.7. The van der Waals surface area contributed by atoms with Gasteiger partial charge in [0.25, 0.3) is 5.91 Å². The molecule has 4 aliphatic rings. The van der Waals surface area contributed by atoms with E-state index >= 15 is 0 Å². The Morgan fingerprint density at radius 1 is 0.523 bits per heavy atom. The Hall–Kier alpha value is -6.52. The number of unbranched alkanes of at least 4 members (excludes halogenated alkanes) is 2. The third-order valence-electron chi connectivity index (χ3n) is 16.4. The summed E-state index contributed by atoms with van der Waals surface area (Å²) in [5.41, 5.74) is 4.14. The first kappa shape index (κ1) is 64.5. The fourth-order valence-electron chi connectivity index (χ4n) is 12.2. The first-order chi connectivity index (χ1) is 41.9. The summed E-state index contributed by atoms with van der Waals surface area (Å²) in [6, 6.07) is 32.8. The molecule has 10 rings (SSSR count). The van der Waals surface area contributed by atoms with E-state index in [0.717, 1.165) is 50.2 Å². The van der Waals surface area contributed by atoms with Gasteiger partial charge >= 0.3 is 30.0 Å². The Balaban J connectivity index is 1.11. The zero-order valence-corrected chi connectivity index (χ0v) is 55.2. The topological polar surface area (TPSA) is 313 Å². The van der Waals surface area contributed by atoms with Crippen molar-refractivity contribution in [3.63, 3.8) is 0 Å². The van der Waals surface area contributed by atoms with E-state index in [0.29, 0.717) is 103 Å². The van der Waals surface area contributed by atoms with Crippen LogP contribution in [-0.2, 0) is 31.7 Å². The number of quaternary nitrogens is 1. The molecule has 0 spiro atoms. The third-order valence-corrected chi connectivity index (χ3v) is 29.8. The minimum atomic E-state index is -4.66. The van der Waals surface area contributed by atoms with Crippen molar-refractivity contribution in [3.8, 4) is 0 Å². The molecule has 6 bridgehead atoms. The highest BCUT2D eigenvalue weighted by Crippen LogP contribution is 2.46. The number of amides is 2. The molecule has 7 N–H and O–H groups in total. The minimum absolute atomic E-state index is 0.00277. The highest BCUT2D eigenvalue weighted by Gasteiger charge is 2.58. The Morgan fingerprint density at radius 2 is 0.920 bits per heavy atom. The quantitative estimate of drug-likeness (QED) is 0.00971. The molecule has 466 valence electrons. The van der Waals surface area contributed by atoms with Gasteiger partial charge in [0, 0.05) is 82.6 Å². The summed E-state index contributed by atoms with van der Waals surface area (Å²) in [7, 11) is -19.7. The summed E-state index contributed by atoms with van der Waals surface area (Å²) in [4.78, 5) is 111. The maximum Gasteiger partial charge on any atom is 0.582 e. The van der Waals surface area contributed by atoms with Gasteiger partial charge in [-0.05, 0) is 70.4 Å². The molecule has 28 heteroatoms. The van der Waals surface area contributed by atoms with E-state index in [2.05, 4.69) is 45.3 Å². The van der Waals surface area contributed by atoms with Crippen LogP contribution in [0, 0.1) is 0 Å². The molecule has 4 aliphatic heterocycles. The molecule has 2 aromatic heterocycles. The van der Waals surface area contributed by atoms with E-state index in [9.17, 15) is 43.1 Å². The lowest BCUT2D eigenvalue weighted by atomic mass is 10.1. The van der Waals surface area contributed by atoms with Gasteiger partial charge in [-0.2, -0.15) is 0 Å². The number of amidine groups is 4. The van der Waals surface area contributed by atoms with Crippen LogP contribution < -0.4 is 21.6 Å². The highest BCUT2D eigenvalue weighted by molar-refractivity contribution is 7.52. The molecule has 0 saturated carbocycles. The molecule has 6 heterocycles. The van der Waals surface area contributed by atoms with Crippen LogP contribution in [0.1, 0.15) is 93.4 Å². The molecule has 6 aromatic rings. The second kappa shape index (κ2) is 26.5. The Bertz CT molecular complexity index is 3870. The molecule has 0 fully saturated rings. The van der Waals surface area contributed by atoms with E-state index in [1.807, 2.05) is 104 Å². The van der Waals surface area contributed by atoms with Crippen LogP contribution in [0.2, 0.25) is 38.3 Å². The van der Waals surface area contributed by atoms with Crippen LogP contribution in [0.3, 0.4) is 0 Å². The monoisotopic (exact) mass is 1290 g/mol. The second-order valence-electron chi connectivity index (χ2n) is 24.4. The summed E-state index contributed by atoms with van der Waals surface area (Å²) in [6.07, 6.45) is 3.06. The number of aliphatic carboxylic acids is 1. The predicted octanol–water partition coefficient (Wildman–Crippen LogP) is 8.22. The molecule has 23 nitrogen and oxygen atoms in total. The van der Waals surface area contributed by atoms with Gasteiger partial charge in [-0.3, -0.25) is 32.0 Å². The van der Waals surface area contributed by atoms with Gasteiger partial charge in [-0.15, -0.1) is 0 Å². The number of benzene rings is 4. The number of rotatable bonds is 30. The number of carbonyl (C=O) groups is 3. The van der Waals surface area contributed by atoms with Crippen LogP contribution in [0.15, 0.2) is 127 Å². The number of hydrogen-bond acceptors (Lipinski definition) is 13. The average Bonchev–Trinajstić information content (AvgIpc) is 1.66. The number of aliphatic imine (C=N–C) groups is 4. The van der Waals surface area contributed by atoms with Gasteiger partial charge in [-0.25, -0.2) is 30.0 Å². The van der Waals surface area contributed by atoms with E-state index in [1.165, 1.54) is 0 Å². The Labute approximate surface area is 513 Å². The Morgan fingerprint density at radius 3 is 1.35 bits per heavy atom. The number of aromatic nitrogens is 2.